The maximum absolute atomic E-state index is 9.75. The quantitative estimate of drug-likeness (QED) is 0.938. The largest absolute Gasteiger partial charge is 0.393 e. The second-order valence-corrected chi connectivity index (χ2v) is 6.34. The molecule has 0 spiro atoms. The molecule has 2 atom stereocenters. The summed E-state index contributed by atoms with van der Waals surface area (Å²) in [5, 5.41) is 14.4. The van der Waals surface area contributed by atoms with Crippen LogP contribution in [0.2, 0.25) is 5.02 Å². The first-order chi connectivity index (χ1) is 10.6. The summed E-state index contributed by atoms with van der Waals surface area (Å²) >= 11 is 5.98. The molecular weight excluding hydrogens is 302 g/mol. The fourth-order valence-corrected chi connectivity index (χ4v) is 3.07. The molecule has 1 saturated heterocycles. The van der Waals surface area contributed by atoms with Crippen molar-refractivity contribution in [2.75, 3.05) is 13.1 Å². The summed E-state index contributed by atoms with van der Waals surface area (Å²) in [6, 6.07) is 7.41. The molecule has 1 fully saturated rings. The second-order valence-electron chi connectivity index (χ2n) is 5.90. The molecule has 0 saturated carbocycles. The van der Waals surface area contributed by atoms with E-state index in [0.717, 1.165) is 31.5 Å². The molecule has 2 heterocycles. The molecule has 1 N–H and O–H groups in total. The van der Waals surface area contributed by atoms with E-state index in [2.05, 4.69) is 15.0 Å². The van der Waals surface area contributed by atoms with Gasteiger partial charge in [0.15, 0.2) is 0 Å². The van der Waals surface area contributed by atoms with Crippen LogP contribution in [0.25, 0.3) is 11.4 Å². The van der Waals surface area contributed by atoms with Crippen molar-refractivity contribution in [3.05, 3.63) is 35.2 Å². The normalized spacial score (nSPS) is 21.0. The van der Waals surface area contributed by atoms with Crippen molar-refractivity contribution in [2.24, 2.45) is 5.92 Å². The SMILES string of the molecule is CC(O)C1CCCN(Cc2nc(-c3cccc(Cl)c3)no2)C1. The Morgan fingerprint density at radius 2 is 2.36 bits per heavy atom. The van der Waals surface area contributed by atoms with Gasteiger partial charge in [0, 0.05) is 17.1 Å². The zero-order valence-electron chi connectivity index (χ0n) is 12.6. The van der Waals surface area contributed by atoms with Crippen LogP contribution in [0.5, 0.6) is 0 Å². The molecule has 6 heteroatoms. The summed E-state index contributed by atoms with van der Waals surface area (Å²) < 4.78 is 5.35. The number of aliphatic hydroxyl groups is 1. The van der Waals surface area contributed by atoms with E-state index in [0.29, 0.717) is 29.2 Å². The molecule has 118 valence electrons. The molecule has 3 rings (SSSR count). The predicted molar refractivity (Wildman–Crippen MR) is 84.4 cm³/mol. The lowest BCUT2D eigenvalue weighted by atomic mass is 9.93. The average molecular weight is 322 g/mol. The zero-order chi connectivity index (χ0) is 15.5. The number of halogens is 1. The van der Waals surface area contributed by atoms with Gasteiger partial charge in [-0.25, -0.2) is 0 Å². The monoisotopic (exact) mass is 321 g/mol. The molecule has 2 unspecified atom stereocenters. The molecular formula is C16H20ClN3O2. The third-order valence-corrected chi connectivity index (χ3v) is 4.37. The van der Waals surface area contributed by atoms with Crippen LogP contribution in [-0.2, 0) is 6.54 Å². The molecule has 1 aliphatic heterocycles. The number of hydrogen-bond donors (Lipinski definition) is 1. The Hall–Kier alpha value is -1.43. The lowest BCUT2D eigenvalue weighted by Crippen LogP contribution is -2.39. The Morgan fingerprint density at radius 3 is 3.14 bits per heavy atom. The van der Waals surface area contributed by atoms with Gasteiger partial charge in [0.05, 0.1) is 12.6 Å². The Bertz CT molecular complexity index is 629. The Balaban J connectivity index is 1.67. The molecule has 0 amide bonds. The third kappa shape index (κ3) is 3.66. The minimum absolute atomic E-state index is 0.271. The number of nitrogens with zero attached hydrogens (tertiary/aromatic N) is 3. The van der Waals surface area contributed by atoms with E-state index in [9.17, 15) is 5.11 Å². The van der Waals surface area contributed by atoms with E-state index in [1.54, 1.807) is 0 Å². The minimum Gasteiger partial charge on any atom is -0.393 e. The first-order valence-corrected chi connectivity index (χ1v) is 7.98. The fourth-order valence-electron chi connectivity index (χ4n) is 2.88. The van der Waals surface area contributed by atoms with Gasteiger partial charge in [-0.2, -0.15) is 4.98 Å². The van der Waals surface area contributed by atoms with Crippen LogP contribution >= 0.6 is 11.6 Å². The van der Waals surface area contributed by atoms with Crippen molar-refractivity contribution in [1.29, 1.82) is 0 Å². The number of rotatable bonds is 4. The topological polar surface area (TPSA) is 62.4 Å². The van der Waals surface area contributed by atoms with Gasteiger partial charge in [0.1, 0.15) is 0 Å². The molecule has 1 aliphatic rings. The van der Waals surface area contributed by atoms with Gasteiger partial charge in [-0.15, -0.1) is 0 Å². The van der Waals surface area contributed by atoms with E-state index >= 15 is 0 Å². The molecule has 0 bridgehead atoms. The second kappa shape index (κ2) is 6.77. The number of likely N-dealkylation sites (tertiary alicyclic amines) is 1. The summed E-state index contributed by atoms with van der Waals surface area (Å²) in [4.78, 5) is 6.71. The van der Waals surface area contributed by atoms with Crippen molar-refractivity contribution in [1.82, 2.24) is 15.0 Å². The molecule has 5 nitrogen and oxygen atoms in total. The van der Waals surface area contributed by atoms with E-state index in [4.69, 9.17) is 16.1 Å². The smallest absolute Gasteiger partial charge is 0.241 e. The van der Waals surface area contributed by atoms with E-state index in [1.165, 1.54) is 0 Å². The molecule has 1 aromatic carbocycles. The van der Waals surface area contributed by atoms with Crippen LogP contribution in [0, 0.1) is 5.92 Å². The highest BCUT2D eigenvalue weighted by Crippen LogP contribution is 2.23. The van der Waals surface area contributed by atoms with Crippen LogP contribution in [0.3, 0.4) is 0 Å². The lowest BCUT2D eigenvalue weighted by molar-refractivity contribution is 0.0556. The van der Waals surface area contributed by atoms with Gasteiger partial charge in [-0.3, -0.25) is 4.90 Å². The summed E-state index contributed by atoms with van der Waals surface area (Å²) in [5.41, 5.74) is 0.850. The first-order valence-electron chi connectivity index (χ1n) is 7.61. The molecule has 2 aromatic rings. The Morgan fingerprint density at radius 1 is 1.50 bits per heavy atom. The van der Waals surface area contributed by atoms with Gasteiger partial charge in [-0.1, -0.05) is 28.9 Å². The van der Waals surface area contributed by atoms with Crippen LogP contribution in [-0.4, -0.2) is 39.3 Å². The number of aliphatic hydroxyl groups excluding tert-OH is 1. The highest BCUT2D eigenvalue weighted by molar-refractivity contribution is 6.30. The number of hydrogen-bond acceptors (Lipinski definition) is 5. The first kappa shape index (κ1) is 15.5. The van der Waals surface area contributed by atoms with E-state index in [1.807, 2.05) is 31.2 Å². The zero-order valence-corrected chi connectivity index (χ0v) is 13.3. The van der Waals surface area contributed by atoms with Crippen LogP contribution < -0.4 is 0 Å². The molecule has 0 radical (unpaired) electrons. The minimum atomic E-state index is -0.271. The average Bonchev–Trinajstić information content (AvgIpc) is 2.96. The summed E-state index contributed by atoms with van der Waals surface area (Å²) in [5.74, 6) is 1.48. The van der Waals surface area contributed by atoms with Crippen LogP contribution in [0.15, 0.2) is 28.8 Å². The van der Waals surface area contributed by atoms with Crippen molar-refractivity contribution in [2.45, 2.75) is 32.4 Å². The van der Waals surface area contributed by atoms with E-state index < -0.39 is 0 Å². The molecule has 0 aliphatic carbocycles. The van der Waals surface area contributed by atoms with Gasteiger partial charge < -0.3 is 9.63 Å². The van der Waals surface area contributed by atoms with Crippen LogP contribution in [0.1, 0.15) is 25.7 Å². The van der Waals surface area contributed by atoms with Crippen molar-refractivity contribution >= 4 is 11.6 Å². The Labute approximate surface area is 134 Å². The van der Waals surface area contributed by atoms with Gasteiger partial charge in [-0.05, 0) is 44.4 Å². The van der Waals surface area contributed by atoms with Crippen molar-refractivity contribution in [3.8, 4) is 11.4 Å². The summed E-state index contributed by atoms with van der Waals surface area (Å²) in [6.45, 7) is 4.35. The number of benzene rings is 1. The maximum Gasteiger partial charge on any atom is 0.241 e. The van der Waals surface area contributed by atoms with Gasteiger partial charge in [0.25, 0.3) is 0 Å². The van der Waals surface area contributed by atoms with Gasteiger partial charge in [0.2, 0.25) is 11.7 Å². The molecule has 22 heavy (non-hydrogen) atoms. The predicted octanol–water partition coefficient (Wildman–Crippen LogP) is 2.98. The Kier molecular flexibility index (Phi) is 4.76. The number of piperidine rings is 1. The van der Waals surface area contributed by atoms with Crippen molar-refractivity contribution in [3.63, 3.8) is 0 Å². The highest BCUT2D eigenvalue weighted by atomic mass is 35.5. The summed E-state index contributed by atoms with van der Waals surface area (Å²) in [7, 11) is 0. The van der Waals surface area contributed by atoms with E-state index in [-0.39, 0.29) is 6.10 Å². The van der Waals surface area contributed by atoms with Crippen molar-refractivity contribution < 1.29 is 9.63 Å². The van der Waals surface area contributed by atoms with Crippen LogP contribution in [0.4, 0.5) is 0 Å². The maximum atomic E-state index is 9.75. The number of aromatic nitrogens is 2. The fraction of sp³-hybridized carbons (Fsp3) is 0.500. The molecule has 1 aromatic heterocycles. The lowest BCUT2D eigenvalue weighted by Gasteiger charge is -2.33. The third-order valence-electron chi connectivity index (χ3n) is 4.13. The standard InChI is InChI=1S/C16H20ClN3O2/c1-11(21)13-5-3-7-20(9-13)10-15-18-16(19-22-15)12-4-2-6-14(17)8-12/h2,4,6,8,11,13,21H,3,5,7,9-10H2,1H3. The summed E-state index contributed by atoms with van der Waals surface area (Å²) in [6.07, 6.45) is 1.89. The highest BCUT2D eigenvalue weighted by Gasteiger charge is 2.24. The van der Waals surface area contributed by atoms with Gasteiger partial charge >= 0.3 is 0 Å².